The molecule has 7 amide bonds. The number of carbonyl (C=O) groups excluding carboxylic acids is 6. The third kappa shape index (κ3) is 13.7. The topological polar surface area (TPSA) is 240 Å². The van der Waals surface area contributed by atoms with Crippen LogP contribution >= 0.6 is 11.6 Å². The van der Waals surface area contributed by atoms with E-state index in [4.69, 9.17) is 36.5 Å². The minimum absolute atomic E-state index is 0.0379. The smallest absolute Gasteiger partial charge is 0.312 e. The van der Waals surface area contributed by atoms with Gasteiger partial charge in [-0.1, -0.05) is 30.2 Å². The molecule has 19 nitrogen and oxygen atoms in total. The lowest BCUT2D eigenvalue weighted by Crippen LogP contribution is -2.58. The van der Waals surface area contributed by atoms with Gasteiger partial charge in [-0.15, -0.1) is 0 Å². The zero-order valence-electron chi connectivity index (χ0n) is 39.7. The van der Waals surface area contributed by atoms with Gasteiger partial charge < -0.3 is 46.5 Å². The molecule has 3 heterocycles. The number of imide groups is 1. The molecule has 1 unspecified atom stereocenters. The molecular weight excluding hydrogens is 939 g/mol. The van der Waals surface area contributed by atoms with Crippen LogP contribution in [0.15, 0.2) is 73.1 Å². The minimum Gasteiger partial charge on any atom is -0.493 e. The number of methoxy groups -OCH3 is 1. The van der Waals surface area contributed by atoms with Gasteiger partial charge in [0.1, 0.15) is 29.3 Å². The van der Waals surface area contributed by atoms with Crippen LogP contribution in [-0.4, -0.2) is 123 Å². The maximum Gasteiger partial charge on any atom is 0.312 e. The summed E-state index contributed by atoms with van der Waals surface area (Å²) in [5, 5.41) is 15.0. The highest BCUT2D eigenvalue weighted by molar-refractivity contribution is 6.31. The van der Waals surface area contributed by atoms with Gasteiger partial charge in [-0.3, -0.25) is 33.8 Å². The molecule has 1 aromatic heterocycles. The van der Waals surface area contributed by atoms with Crippen LogP contribution in [-0.2, 0) is 35.3 Å². The molecule has 2 fully saturated rings. The number of nitrogens with one attached hydrogen (secondary N) is 5. The number of anilines is 3. The molecule has 71 heavy (non-hydrogen) atoms. The number of urea groups is 1. The number of fused-ring (bicyclic) bond motifs is 1. The Balaban J connectivity index is 1.01. The van der Waals surface area contributed by atoms with Gasteiger partial charge in [-0.25, -0.2) is 13.8 Å². The van der Waals surface area contributed by atoms with Gasteiger partial charge in [-0.05, 0) is 92.2 Å². The molecule has 1 aliphatic carbocycles. The summed E-state index contributed by atoms with van der Waals surface area (Å²) in [6.45, 7) is 5.64. The molecule has 1 atom stereocenters. The molecule has 21 heteroatoms. The molecule has 0 bridgehead atoms. The van der Waals surface area contributed by atoms with Crippen LogP contribution in [0.4, 0.5) is 26.4 Å². The molecule has 2 aliphatic heterocycles. The van der Waals surface area contributed by atoms with Crippen molar-refractivity contribution in [3.05, 3.63) is 89.5 Å². The van der Waals surface area contributed by atoms with E-state index in [0.717, 1.165) is 50.3 Å². The van der Waals surface area contributed by atoms with Crippen molar-refractivity contribution in [3.8, 4) is 11.5 Å². The van der Waals surface area contributed by atoms with E-state index in [-0.39, 0.29) is 36.3 Å². The maximum atomic E-state index is 14.1. The Morgan fingerprint density at radius 3 is 2.31 bits per heavy atom. The summed E-state index contributed by atoms with van der Waals surface area (Å²) in [5.41, 5.74) is 6.51. The average molecular weight is 1000 g/mol. The second-order valence-electron chi connectivity index (χ2n) is 17.7. The first-order valence-electron chi connectivity index (χ1n) is 23.9. The van der Waals surface area contributed by atoms with Gasteiger partial charge in [0.15, 0.2) is 11.5 Å². The average Bonchev–Trinajstić information content (AvgIpc) is 3.67. The number of rotatable bonds is 25. The highest BCUT2D eigenvalue weighted by Crippen LogP contribution is 2.42. The van der Waals surface area contributed by atoms with Crippen molar-refractivity contribution in [2.45, 2.75) is 70.4 Å². The van der Waals surface area contributed by atoms with Gasteiger partial charge in [0, 0.05) is 74.9 Å². The Morgan fingerprint density at radius 1 is 0.887 bits per heavy atom. The number of benzene rings is 3. The van der Waals surface area contributed by atoms with Crippen LogP contribution in [0.5, 0.6) is 11.5 Å². The predicted molar refractivity (Wildman–Crippen MR) is 262 cm³/mol. The van der Waals surface area contributed by atoms with Crippen LogP contribution in [0.1, 0.15) is 63.4 Å². The van der Waals surface area contributed by atoms with Crippen LogP contribution in [0.25, 0.3) is 10.9 Å². The molecule has 7 N–H and O–H groups in total. The van der Waals surface area contributed by atoms with Crippen molar-refractivity contribution in [2.75, 3.05) is 76.8 Å². The fourth-order valence-corrected chi connectivity index (χ4v) is 8.80. The van der Waals surface area contributed by atoms with E-state index < -0.39 is 41.0 Å². The number of halogens is 2. The monoisotopic (exact) mass is 999 g/mol. The maximum absolute atomic E-state index is 14.1. The van der Waals surface area contributed by atoms with E-state index in [1.807, 2.05) is 28.8 Å². The number of hydrogen-bond acceptors (Lipinski definition) is 12. The molecule has 0 radical (unpaired) electrons. The Bertz CT molecular complexity index is 2590. The Kier molecular flexibility index (Phi) is 18.1. The fourth-order valence-electron chi connectivity index (χ4n) is 8.62. The molecule has 1 saturated heterocycles. The summed E-state index contributed by atoms with van der Waals surface area (Å²) in [6, 6.07) is 13.5. The number of morpholine rings is 1. The molecular formula is C50H61ClFN10O9+. The van der Waals surface area contributed by atoms with Crippen molar-refractivity contribution >= 4 is 75.3 Å². The summed E-state index contributed by atoms with van der Waals surface area (Å²) in [7, 11) is 1.58. The van der Waals surface area contributed by atoms with Gasteiger partial charge in [0.25, 0.3) is 24.0 Å². The molecule has 0 spiro atoms. The van der Waals surface area contributed by atoms with Crippen molar-refractivity contribution in [1.29, 1.82) is 0 Å². The number of aromatic nitrogens is 2. The lowest BCUT2D eigenvalue weighted by Gasteiger charge is -2.39. The Labute approximate surface area is 416 Å². The van der Waals surface area contributed by atoms with E-state index >= 15 is 0 Å². The molecule has 4 aromatic rings. The zero-order chi connectivity index (χ0) is 50.3. The van der Waals surface area contributed by atoms with E-state index in [2.05, 4.69) is 31.5 Å². The Morgan fingerprint density at radius 2 is 1.62 bits per heavy atom. The molecule has 3 aromatic carbocycles. The summed E-state index contributed by atoms with van der Waals surface area (Å²) in [6.07, 6.45) is 8.51. The van der Waals surface area contributed by atoms with Crippen molar-refractivity contribution in [1.82, 2.24) is 30.7 Å². The zero-order valence-corrected chi connectivity index (χ0v) is 40.5. The van der Waals surface area contributed by atoms with Crippen molar-refractivity contribution < 1.29 is 51.9 Å². The number of nitrogens with zero attached hydrogens (tertiary/aromatic N) is 4. The minimum atomic E-state index is -1.34. The summed E-state index contributed by atoms with van der Waals surface area (Å²) in [4.78, 5) is 84.5. The molecule has 7 rings (SSSR count). The largest absolute Gasteiger partial charge is 0.493 e. The lowest BCUT2D eigenvalue weighted by molar-refractivity contribution is -0.665. The van der Waals surface area contributed by atoms with Gasteiger partial charge in [0.05, 0.1) is 37.3 Å². The highest BCUT2D eigenvalue weighted by Gasteiger charge is 2.51. The number of primary amides is 1. The highest BCUT2D eigenvalue weighted by atomic mass is 35.5. The number of carbonyl (C=O) groups is 6. The van der Waals surface area contributed by atoms with Crippen molar-refractivity contribution in [2.24, 2.45) is 11.1 Å². The van der Waals surface area contributed by atoms with Crippen LogP contribution < -0.4 is 46.4 Å². The summed E-state index contributed by atoms with van der Waals surface area (Å²) < 4.78 is 33.6. The second kappa shape index (κ2) is 24.8. The number of unbranched alkanes of at least 4 members (excludes halogenated alkanes) is 2. The van der Waals surface area contributed by atoms with Gasteiger partial charge in [0.2, 0.25) is 17.7 Å². The van der Waals surface area contributed by atoms with Crippen molar-refractivity contribution in [3.63, 3.8) is 0 Å². The van der Waals surface area contributed by atoms with E-state index in [1.54, 1.807) is 31.6 Å². The first kappa shape index (κ1) is 51.9. The fraction of sp³-hybridized carbons (Fsp3) is 0.440. The molecule has 1 saturated carbocycles. The van der Waals surface area contributed by atoms with Crippen LogP contribution in [0.2, 0.25) is 5.02 Å². The summed E-state index contributed by atoms with van der Waals surface area (Å²) >= 11 is 6.12. The third-order valence-electron chi connectivity index (χ3n) is 12.8. The first-order valence-corrected chi connectivity index (χ1v) is 24.3. The normalized spacial score (nSPS) is 15.7. The SMILES string of the molecule is COc1cc2c(cc1OCCCN1CCOCC1)c(Nc1ccc(F)c(Cl)c1)nc[n+]2Cc1ccc(NC(=O)C(CCCNC(N)=O)NC(=O)C2(C(=O)NCCCCCN3C(=O)C=CC3=O)CCC2)cc1. The third-order valence-corrected chi connectivity index (χ3v) is 13.1. The second-order valence-corrected chi connectivity index (χ2v) is 18.1. The van der Waals surface area contributed by atoms with Crippen LogP contribution in [0, 0.1) is 11.2 Å². The summed E-state index contributed by atoms with van der Waals surface area (Å²) in [5.74, 6) is -1.18. The number of nitrogens with two attached hydrogens (primary N) is 1. The molecule has 3 aliphatic rings. The quantitative estimate of drug-likeness (QED) is 0.0234. The first-order chi connectivity index (χ1) is 34.3. The number of amides is 7. The van der Waals surface area contributed by atoms with E-state index in [0.29, 0.717) is 98.7 Å². The lowest BCUT2D eigenvalue weighted by atomic mass is 9.67. The van der Waals surface area contributed by atoms with Gasteiger partial charge in [-0.2, -0.15) is 0 Å². The molecule has 378 valence electrons. The van der Waals surface area contributed by atoms with E-state index in [9.17, 15) is 33.2 Å². The Hall–Kier alpha value is -6.90. The number of ether oxygens (including phenoxy) is 3. The van der Waals surface area contributed by atoms with E-state index in [1.165, 1.54) is 29.2 Å². The standard InChI is InChI=1S/C50H60ClFN10O9/c1-69-41-30-40-36(29-42(41)71-25-7-21-60-23-26-70-27-24-60)45(57-35-13-14-38(52)37(51)28-35)56-32-61(40)31-33-9-11-34(12-10-33)58-46(65)39(8-5-20-55-49(53)68)59-48(67)50(17-6-18-50)47(66)54-19-3-2-4-22-62-43(63)15-16-44(62)64/h9-16,28-30,32,39H,2-8,17-27,31H2,1H3,(H6,53,54,55,58,59,65,66,67,68)/p+1. The predicted octanol–water partition coefficient (Wildman–Crippen LogP) is 4.47. The van der Waals surface area contributed by atoms with Gasteiger partial charge >= 0.3 is 6.03 Å². The number of hydrogen-bond donors (Lipinski definition) is 6. The van der Waals surface area contributed by atoms with Crippen LogP contribution in [0.3, 0.4) is 0 Å².